The standard InChI is InChI=1S/C16H15Cl4N/c1-9(11-3-5-12(17)6-4-11)21-10(2)13-7-8-14(18)16(20)15(13)19/h3-10,21H,1-2H3/t9-,10?/m1/s1. The smallest absolute Gasteiger partial charge is 0.0781 e. The molecule has 0 aliphatic rings. The molecule has 0 radical (unpaired) electrons. The first-order valence-electron chi connectivity index (χ1n) is 6.55. The van der Waals surface area contributed by atoms with E-state index in [4.69, 9.17) is 46.4 Å². The quantitative estimate of drug-likeness (QED) is 0.595. The van der Waals surface area contributed by atoms with Crippen LogP contribution in [0.3, 0.4) is 0 Å². The van der Waals surface area contributed by atoms with Gasteiger partial charge in [-0.3, -0.25) is 0 Å². The highest BCUT2D eigenvalue weighted by atomic mass is 35.5. The molecule has 0 bridgehead atoms. The van der Waals surface area contributed by atoms with Crippen molar-refractivity contribution < 1.29 is 0 Å². The van der Waals surface area contributed by atoms with Crippen molar-refractivity contribution in [3.8, 4) is 0 Å². The Hall–Kier alpha value is -0.440. The van der Waals surface area contributed by atoms with E-state index in [-0.39, 0.29) is 12.1 Å². The van der Waals surface area contributed by atoms with Crippen LogP contribution in [-0.2, 0) is 0 Å². The van der Waals surface area contributed by atoms with E-state index in [2.05, 4.69) is 12.2 Å². The maximum Gasteiger partial charge on any atom is 0.0781 e. The molecule has 2 aromatic carbocycles. The van der Waals surface area contributed by atoms with Crippen molar-refractivity contribution in [3.63, 3.8) is 0 Å². The summed E-state index contributed by atoms with van der Waals surface area (Å²) in [6, 6.07) is 11.6. The summed E-state index contributed by atoms with van der Waals surface area (Å²) in [6.07, 6.45) is 0. The first kappa shape index (κ1) is 16.9. The summed E-state index contributed by atoms with van der Waals surface area (Å²) in [5.41, 5.74) is 2.08. The minimum absolute atomic E-state index is 0.0398. The van der Waals surface area contributed by atoms with Crippen molar-refractivity contribution in [1.29, 1.82) is 0 Å². The molecule has 112 valence electrons. The second kappa shape index (κ2) is 7.21. The minimum Gasteiger partial charge on any atom is -0.304 e. The number of nitrogens with one attached hydrogen (secondary N) is 1. The first-order chi connectivity index (χ1) is 9.90. The van der Waals surface area contributed by atoms with Gasteiger partial charge < -0.3 is 5.32 Å². The first-order valence-corrected chi connectivity index (χ1v) is 8.06. The van der Waals surface area contributed by atoms with Gasteiger partial charge in [-0.2, -0.15) is 0 Å². The molecule has 0 saturated heterocycles. The Morgan fingerprint density at radius 2 is 1.38 bits per heavy atom. The second-order valence-electron chi connectivity index (χ2n) is 4.93. The summed E-state index contributed by atoms with van der Waals surface area (Å²) < 4.78 is 0. The van der Waals surface area contributed by atoms with E-state index in [1.807, 2.05) is 37.3 Å². The van der Waals surface area contributed by atoms with Gasteiger partial charge in [0.1, 0.15) is 0 Å². The number of halogens is 4. The highest BCUT2D eigenvalue weighted by Crippen LogP contribution is 2.36. The SMILES string of the molecule is CC(N[C@H](C)c1ccc(Cl)cc1)c1ccc(Cl)c(Cl)c1Cl. The maximum atomic E-state index is 6.27. The van der Waals surface area contributed by atoms with Gasteiger partial charge in [0.15, 0.2) is 0 Å². The van der Waals surface area contributed by atoms with E-state index >= 15 is 0 Å². The van der Waals surface area contributed by atoms with Gasteiger partial charge in [-0.25, -0.2) is 0 Å². The molecule has 1 N–H and O–H groups in total. The topological polar surface area (TPSA) is 12.0 Å². The Morgan fingerprint density at radius 1 is 0.762 bits per heavy atom. The monoisotopic (exact) mass is 361 g/mol. The fourth-order valence-electron chi connectivity index (χ4n) is 2.19. The molecule has 21 heavy (non-hydrogen) atoms. The average molecular weight is 363 g/mol. The molecule has 1 unspecified atom stereocenters. The fraction of sp³-hybridized carbons (Fsp3) is 0.250. The predicted octanol–water partition coefficient (Wildman–Crippen LogP) is 6.71. The van der Waals surface area contributed by atoms with Crippen molar-refractivity contribution in [2.24, 2.45) is 0 Å². The Balaban J connectivity index is 2.16. The predicted molar refractivity (Wildman–Crippen MR) is 92.9 cm³/mol. The minimum atomic E-state index is 0.0398. The van der Waals surface area contributed by atoms with Gasteiger partial charge in [-0.15, -0.1) is 0 Å². The fourth-order valence-corrected chi connectivity index (χ4v) is 3.02. The zero-order chi connectivity index (χ0) is 15.6. The molecular weight excluding hydrogens is 348 g/mol. The third-order valence-electron chi connectivity index (χ3n) is 3.40. The van der Waals surface area contributed by atoms with Crippen LogP contribution in [0.25, 0.3) is 0 Å². The van der Waals surface area contributed by atoms with Gasteiger partial charge in [-0.05, 0) is 43.2 Å². The van der Waals surface area contributed by atoms with E-state index in [9.17, 15) is 0 Å². The van der Waals surface area contributed by atoms with Crippen molar-refractivity contribution >= 4 is 46.4 Å². The molecule has 0 heterocycles. The summed E-state index contributed by atoms with van der Waals surface area (Å²) >= 11 is 24.2. The van der Waals surface area contributed by atoms with Crippen LogP contribution in [0, 0.1) is 0 Å². The molecule has 0 saturated carbocycles. The molecule has 0 aliphatic carbocycles. The Labute approximate surface area is 145 Å². The molecule has 0 aromatic heterocycles. The summed E-state index contributed by atoms with van der Waals surface area (Å²) in [6.45, 7) is 4.13. The van der Waals surface area contributed by atoms with Crippen LogP contribution in [0.5, 0.6) is 0 Å². The lowest BCUT2D eigenvalue weighted by atomic mass is 10.0. The van der Waals surface area contributed by atoms with E-state index in [1.54, 1.807) is 6.07 Å². The summed E-state index contributed by atoms with van der Waals surface area (Å²) in [7, 11) is 0. The lowest BCUT2D eigenvalue weighted by molar-refractivity contribution is 0.495. The lowest BCUT2D eigenvalue weighted by Crippen LogP contribution is -2.22. The third-order valence-corrected chi connectivity index (χ3v) is 4.96. The van der Waals surface area contributed by atoms with Crippen LogP contribution < -0.4 is 5.32 Å². The maximum absolute atomic E-state index is 6.27. The van der Waals surface area contributed by atoms with Gasteiger partial charge >= 0.3 is 0 Å². The van der Waals surface area contributed by atoms with Crippen LogP contribution in [0.2, 0.25) is 20.1 Å². The summed E-state index contributed by atoms with van der Waals surface area (Å²) in [5.74, 6) is 0. The van der Waals surface area contributed by atoms with Crippen molar-refractivity contribution in [1.82, 2.24) is 5.32 Å². The van der Waals surface area contributed by atoms with Crippen LogP contribution >= 0.6 is 46.4 Å². The molecule has 2 atom stereocenters. The molecule has 0 aliphatic heterocycles. The van der Waals surface area contributed by atoms with E-state index in [1.165, 1.54) is 0 Å². The Kier molecular flexibility index (Phi) is 5.81. The van der Waals surface area contributed by atoms with Gasteiger partial charge in [0, 0.05) is 17.1 Å². The van der Waals surface area contributed by atoms with Crippen molar-refractivity contribution in [3.05, 3.63) is 67.6 Å². The third kappa shape index (κ3) is 4.06. The second-order valence-corrected chi connectivity index (χ2v) is 6.53. The van der Waals surface area contributed by atoms with Crippen molar-refractivity contribution in [2.75, 3.05) is 0 Å². The molecule has 0 fully saturated rings. The van der Waals surface area contributed by atoms with Crippen LogP contribution in [0.1, 0.15) is 37.1 Å². The molecule has 0 amide bonds. The number of hydrogen-bond acceptors (Lipinski definition) is 1. The molecule has 1 nitrogen and oxygen atoms in total. The zero-order valence-electron chi connectivity index (χ0n) is 11.6. The summed E-state index contributed by atoms with van der Waals surface area (Å²) in [4.78, 5) is 0. The molecule has 5 heteroatoms. The van der Waals surface area contributed by atoms with Gasteiger partial charge in [0.05, 0.1) is 15.1 Å². The van der Waals surface area contributed by atoms with Crippen LogP contribution in [0.15, 0.2) is 36.4 Å². The largest absolute Gasteiger partial charge is 0.304 e. The lowest BCUT2D eigenvalue weighted by Gasteiger charge is -2.22. The molecule has 2 rings (SSSR count). The molecule has 2 aromatic rings. The van der Waals surface area contributed by atoms with Gasteiger partial charge in [-0.1, -0.05) is 64.6 Å². The van der Waals surface area contributed by atoms with E-state index in [0.717, 1.165) is 16.1 Å². The van der Waals surface area contributed by atoms with Gasteiger partial charge in [0.25, 0.3) is 0 Å². The van der Waals surface area contributed by atoms with Crippen LogP contribution in [0.4, 0.5) is 0 Å². The molecule has 0 spiro atoms. The van der Waals surface area contributed by atoms with E-state index < -0.39 is 0 Å². The van der Waals surface area contributed by atoms with Gasteiger partial charge in [0.2, 0.25) is 0 Å². The Bertz CT molecular complexity index is 625. The zero-order valence-corrected chi connectivity index (χ0v) is 14.7. The number of hydrogen-bond donors (Lipinski definition) is 1. The highest BCUT2D eigenvalue weighted by Gasteiger charge is 2.16. The average Bonchev–Trinajstić information content (AvgIpc) is 2.45. The Morgan fingerprint density at radius 3 is 2.00 bits per heavy atom. The van der Waals surface area contributed by atoms with Crippen molar-refractivity contribution in [2.45, 2.75) is 25.9 Å². The number of benzene rings is 2. The number of rotatable bonds is 4. The highest BCUT2D eigenvalue weighted by molar-refractivity contribution is 6.48. The normalized spacial score (nSPS) is 14.0. The van der Waals surface area contributed by atoms with Crippen LogP contribution in [-0.4, -0.2) is 0 Å². The van der Waals surface area contributed by atoms with E-state index in [0.29, 0.717) is 15.1 Å². The summed E-state index contributed by atoms with van der Waals surface area (Å²) in [5, 5.41) is 5.57. The molecular formula is C16H15Cl4N.